The SMILES string of the molecule is CC(C)C[C@H](CC(=O)NO)C(=O)NC(Cc1ccc2ccccc2c1)C(=O)NC(C)C(=O)NCCN. The molecule has 0 saturated carbocycles. The lowest BCUT2D eigenvalue weighted by Crippen LogP contribution is -2.54. The highest BCUT2D eigenvalue weighted by atomic mass is 16.5. The number of nitrogens with one attached hydrogen (secondary N) is 4. The molecule has 0 aliphatic carbocycles. The van der Waals surface area contributed by atoms with Gasteiger partial charge in [-0.2, -0.15) is 0 Å². The monoisotopic (exact) mass is 499 g/mol. The number of amides is 4. The number of fused-ring (bicyclic) bond motifs is 1. The topological polar surface area (TPSA) is 163 Å². The Labute approximate surface area is 211 Å². The van der Waals surface area contributed by atoms with Gasteiger partial charge in [0.25, 0.3) is 0 Å². The zero-order valence-corrected chi connectivity index (χ0v) is 21.0. The summed E-state index contributed by atoms with van der Waals surface area (Å²) in [4.78, 5) is 50.4. The lowest BCUT2D eigenvalue weighted by molar-refractivity contribution is -0.137. The van der Waals surface area contributed by atoms with Crippen LogP contribution in [0.3, 0.4) is 0 Å². The maximum Gasteiger partial charge on any atom is 0.244 e. The summed E-state index contributed by atoms with van der Waals surface area (Å²) in [5.74, 6) is -2.71. The number of carbonyl (C=O) groups is 4. The molecule has 2 aromatic rings. The van der Waals surface area contributed by atoms with E-state index in [1.165, 1.54) is 0 Å². The van der Waals surface area contributed by atoms with Crippen LogP contribution in [0.15, 0.2) is 42.5 Å². The highest BCUT2D eigenvalue weighted by Gasteiger charge is 2.29. The minimum atomic E-state index is -0.990. The summed E-state index contributed by atoms with van der Waals surface area (Å²) in [7, 11) is 0. The first-order valence-corrected chi connectivity index (χ1v) is 12.1. The lowest BCUT2D eigenvalue weighted by Gasteiger charge is -2.24. The molecular weight excluding hydrogens is 462 g/mol. The van der Waals surface area contributed by atoms with Gasteiger partial charge in [-0.25, -0.2) is 5.48 Å². The standard InChI is InChI=1S/C26H37N5O5/c1-16(2)12-21(15-23(32)31-36)25(34)30-22(26(35)29-17(3)24(33)28-11-10-27)14-18-8-9-19-6-4-5-7-20(19)13-18/h4-9,13,16-17,21-22,36H,10-12,14-15,27H2,1-3H3,(H,28,33)(H,29,35)(H,30,34)(H,31,32)/t17?,21-,22?/m1/s1. The minimum absolute atomic E-state index is 0.103. The van der Waals surface area contributed by atoms with Crippen molar-refractivity contribution in [3.8, 4) is 0 Å². The van der Waals surface area contributed by atoms with E-state index >= 15 is 0 Å². The van der Waals surface area contributed by atoms with E-state index in [4.69, 9.17) is 10.9 Å². The van der Waals surface area contributed by atoms with Crippen LogP contribution in [0.5, 0.6) is 0 Å². The fraction of sp³-hybridized carbons (Fsp3) is 0.462. The van der Waals surface area contributed by atoms with E-state index in [2.05, 4.69) is 16.0 Å². The van der Waals surface area contributed by atoms with Crippen molar-refractivity contribution >= 4 is 34.4 Å². The van der Waals surface area contributed by atoms with Gasteiger partial charge in [-0.05, 0) is 35.6 Å². The molecule has 36 heavy (non-hydrogen) atoms. The molecule has 3 atom stereocenters. The van der Waals surface area contributed by atoms with Gasteiger partial charge in [0.1, 0.15) is 12.1 Å². The fourth-order valence-corrected chi connectivity index (χ4v) is 3.95. The first kappa shape index (κ1) is 28.7. The van der Waals surface area contributed by atoms with Crippen molar-refractivity contribution in [1.29, 1.82) is 0 Å². The molecule has 0 bridgehead atoms. The van der Waals surface area contributed by atoms with Gasteiger partial charge in [-0.15, -0.1) is 0 Å². The molecule has 0 aromatic heterocycles. The van der Waals surface area contributed by atoms with Crippen molar-refractivity contribution < 1.29 is 24.4 Å². The Morgan fingerprint density at radius 1 is 0.917 bits per heavy atom. The van der Waals surface area contributed by atoms with Crippen LogP contribution in [0.1, 0.15) is 39.2 Å². The molecule has 0 radical (unpaired) electrons. The average Bonchev–Trinajstić information content (AvgIpc) is 2.85. The first-order valence-electron chi connectivity index (χ1n) is 12.1. The molecule has 0 spiro atoms. The summed E-state index contributed by atoms with van der Waals surface area (Å²) >= 11 is 0. The zero-order chi connectivity index (χ0) is 26.7. The maximum absolute atomic E-state index is 13.2. The Hall–Kier alpha value is -3.50. The normalized spacial score (nSPS) is 13.5. The second-order valence-corrected chi connectivity index (χ2v) is 9.32. The Balaban J connectivity index is 2.26. The highest BCUT2D eigenvalue weighted by molar-refractivity contribution is 5.93. The molecule has 2 unspecified atom stereocenters. The molecule has 196 valence electrons. The second kappa shape index (κ2) is 14.2. The highest BCUT2D eigenvalue weighted by Crippen LogP contribution is 2.19. The Morgan fingerprint density at radius 3 is 2.25 bits per heavy atom. The van der Waals surface area contributed by atoms with Gasteiger partial charge in [-0.1, -0.05) is 56.3 Å². The van der Waals surface area contributed by atoms with Gasteiger partial charge in [0.15, 0.2) is 0 Å². The van der Waals surface area contributed by atoms with Crippen LogP contribution in [0.2, 0.25) is 0 Å². The molecule has 0 aliphatic rings. The average molecular weight is 500 g/mol. The van der Waals surface area contributed by atoms with Gasteiger partial charge in [0.2, 0.25) is 23.6 Å². The minimum Gasteiger partial charge on any atom is -0.353 e. The van der Waals surface area contributed by atoms with Crippen molar-refractivity contribution in [2.75, 3.05) is 13.1 Å². The Morgan fingerprint density at radius 2 is 1.61 bits per heavy atom. The molecule has 0 saturated heterocycles. The molecule has 0 aliphatic heterocycles. The third-order valence-electron chi connectivity index (χ3n) is 5.77. The summed E-state index contributed by atoms with van der Waals surface area (Å²) in [6.07, 6.45) is 0.352. The van der Waals surface area contributed by atoms with E-state index in [-0.39, 0.29) is 37.8 Å². The van der Waals surface area contributed by atoms with E-state index < -0.39 is 35.7 Å². The third-order valence-corrected chi connectivity index (χ3v) is 5.77. The molecule has 0 heterocycles. The zero-order valence-electron chi connectivity index (χ0n) is 21.0. The van der Waals surface area contributed by atoms with E-state index in [0.717, 1.165) is 16.3 Å². The first-order chi connectivity index (χ1) is 17.1. The number of rotatable bonds is 13. The molecule has 2 rings (SSSR count). The number of hydrogen-bond acceptors (Lipinski definition) is 6. The molecule has 2 aromatic carbocycles. The fourth-order valence-electron chi connectivity index (χ4n) is 3.95. The van der Waals surface area contributed by atoms with Crippen molar-refractivity contribution in [1.82, 2.24) is 21.4 Å². The van der Waals surface area contributed by atoms with Crippen LogP contribution in [0.4, 0.5) is 0 Å². The van der Waals surface area contributed by atoms with Gasteiger partial charge in [0.05, 0.1) is 0 Å². The van der Waals surface area contributed by atoms with Crippen LogP contribution >= 0.6 is 0 Å². The number of hydroxylamine groups is 1. The summed E-state index contributed by atoms with van der Waals surface area (Å²) in [5.41, 5.74) is 7.80. The molecule has 0 fully saturated rings. The number of benzene rings is 2. The van der Waals surface area contributed by atoms with Gasteiger partial charge < -0.3 is 21.7 Å². The Bertz CT molecular complexity index is 1060. The number of carbonyl (C=O) groups excluding carboxylic acids is 4. The van der Waals surface area contributed by atoms with E-state index in [9.17, 15) is 19.2 Å². The number of nitrogens with two attached hydrogens (primary N) is 1. The van der Waals surface area contributed by atoms with Crippen molar-refractivity contribution in [3.63, 3.8) is 0 Å². The van der Waals surface area contributed by atoms with E-state index in [1.54, 1.807) is 12.4 Å². The molecular formula is C26H37N5O5. The van der Waals surface area contributed by atoms with Crippen molar-refractivity contribution in [2.24, 2.45) is 17.6 Å². The van der Waals surface area contributed by atoms with Gasteiger partial charge in [0, 0.05) is 31.8 Å². The largest absolute Gasteiger partial charge is 0.353 e. The summed E-state index contributed by atoms with van der Waals surface area (Å²) < 4.78 is 0. The quantitative estimate of drug-likeness (QED) is 0.178. The molecule has 4 amide bonds. The van der Waals surface area contributed by atoms with Crippen LogP contribution < -0.4 is 27.2 Å². The smallest absolute Gasteiger partial charge is 0.244 e. The van der Waals surface area contributed by atoms with Crippen molar-refractivity contribution in [2.45, 2.75) is 52.1 Å². The van der Waals surface area contributed by atoms with Crippen LogP contribution in [0, 0.1) is 11.8 Å². The second-order valence-electron chi connectivity index (χ2n) is 9.32. The van der Waals surface area contributed by atoms with E-state index in [0.29, 0.717) is 6.42 Å². The van der Waals surface area contributed by atoms with Crippen LogP contribution in [0.25, 0.3) is 10.8 Å². The van der Waals surface area contributed by atoms with Crippen molar-refractivity contribution in [3.05, 3.63) is 48.0 Å². The Kier molecular flexibility index (Phi) is 11.3. The van der Waals surface area contributed by atoms with Crippen LogP contribution in [-0.2, 0) is 25.6 Å². The summed E-state index contributed by atoms with van der Waals surface area (Å²) in [5, 5.41) is 19.0. The summed E-state index contributed by atoms with van der Waals surface area (Å²) in [6.45, 7) is 5.92. The molecule has 10 nitrogen and oxygen atoms in total. The van der Waals surface area contributed by atoms with Gasteiger partial charge >= 0.3 is 0 Å². The van der Waals surface area contributed by atoms with Crippen LogP contribution in [-0.4, -0.2) is 54.0 Å². The molecule has 7 N–H and O–H groups in total. The maximum atomic E-state index is 13.2. The summed E-state index contributed by atoms with van der Waals surface area (Å²) in [6, 6.07) is 11.7. The number of hydrogen-bond donors (Lipinski definition) is 6. The van der Waals surface area contributed by atoms with Gasteiger partial charge in [-0.3, -0.25) is 24.4 Å². The predicted molar refractivity (Wildman–Crippen MR) is 137 cm³/mol. The lowest BCUT2D eigenvalue weighted by atomic mass is 9.92. The molecule has 10 heteroatoms. The van der Waals surface area contributed by atoms with E-state index in [1.807, 2.05) is 56.3 Å². The predicted octanol–water partition coefficient (Wildman–Crippen LogP) is 1.00. The third kappa shape index (κ3) is 8.94.